The Kier molecular flexibility index (Phi) is 4.67. The molecule has 0 saturated heterocycles. The standard InChI is InChI=1S/C23H24N2O3/c1-23(2,3)18-8-4-16(5-9-18)17-6-10-19(11-7-17)27-15-20-14-25-13-12-21(26)24-22(25)28-20/h4-13,20H,14-15H2,1-3H3/t20-/m0/s1. The van der Waals surface area contributed by atoms with Crippen LogP contribution in [0, 0.1) is 0 Å². The highest BCUT2D eigenvalue weighted by Gasteiger charge is 2.23. The van der Waals surface area contributed by atoms with Gasteiger partial charge in [0, 0.05) is 12.3 Å². The zero-order valence-electron chi connectivity index (χ0n) is 16.4. The Balaban J connectivity index is 1.37. The van der Waals surface area contributed by atoms with Crippen molar-refractivity contribution in [3.63, 3.8) is 0 Å². The molecule has 2 aromatic carbocycles. The minimum absolute atomic E-state index is 0.154. The Morgan fingerprint density at radius 1 is 1.04 bits per heavy atom. The van der Waals surface area contributed by atoms with Crippen LogP contribution < -0.4 is 15.0 Å². The van der Waals surface area contributed by atoms with Crippen molar-refractivity contribution in [3.05, 3.63) is 76.7 Å². The van der Waals surface area contributed by atoms with Gasteiger partial charge in [-0.1, -0.05) is 57.2 Å². The molecule has 1 aromatic heterocycles. The van der Waals surface area contributed by atoms with Gasteiger partial charge in [0.1, 0.15) is 12.4 Å². The molecule has 1 aliphatic rings. The van der Waals surface area contributed by atoms with Gasteiger partial charge in [0.05, 0.1) is 6.54 Å². The topological polar surface area (TPSA) is 53.4 Å². The number of rotatable bonds is 4. The molecule has 0 spiro atoms. The van der Waals surface area contributed by atoms with Gasteiger partial charge in [-0.25, -0.2) is 0 Å². The van der Waals surface area contributed by atoms with Gasteiger partial charge in [0.15, 0.2) is 6.10 Å². The fourth-order valence-corrected chi connectivity index (χ4v) is 3.23. The van der Waals surface area contributed by atoms with Crippen molar-refractivity contribution in [2.75, 3.05) is 6.61 Å². The van der Waals surface area contributed by atoms with Crippen LogP contribution in [0.25, 0.3) is 11.1 Å². The summed E-state index contributed by atoms with van der Waals surface area (Å²) in [5, 5.41) is 0. The van der Waals surface area contributed by atoms with Crippen LogP contribution in [0.3, 0.4) is 0 Å². The largest absolute Gasteiger partial charge is 0.490 e. The molecule has 2 heterocycles. The fraction of sp³-hybridized carbons (Fsp3) is 0.304. The first-order valence-electron chi connectivity index (χ1n) is 9.46. The molecule has 0 amide bonds. The van der Waals surface area contributed by atoms with Gasteiger partial charge >= 0.3 is 0 Å². The van der Waals surface area contributed by atoms with Crippen molar-refractivity contribution in [1.29, 1.82) is 0 Å². The molecule has 0 bridgehead atoms. The quantitative estimate of drug-likeness (QED) is 0.689. The van der Waals surface area contributed by atoms with E-state index in [0.29, 0.717) is 19.2 Å². The lowest BCUT2D eigenvalue weighted by Crippen LogP contribution is -2.23. The Labute approximate surface area is 164 Å². The Hall–Kier alpha value is -3.08. The predicted octanol–water partition coefficient (Wildman–Crippen LogP) is 4.05. The first-order chi connectivity index (χ1) is 13.4. The van der Waals surface area contributed by atoms with Crippen molar-refractivity contribution in [2.45, 2.75) is 38.8 Å². The molecule has 4 rings (SSSR count). The highest BCUT2D eigenvalue weighted by Crippen LogP contribution is 2.27. The summed E-state index contributed by atoms with van der Waals surface area (Å²) in [6.45, 7) is 7.68. The third-order valence-electron chi connectivity index (χ3n) is 4.90. The highest BCUT2D eigenvalue weighted by molar-refractivity contribution is 5.64. The van der Waals surface area contributed by atoms with Crippen LogP contribution in [-0.4, -0.2) is 22.3 Å². The van der Waals surface area contributed by atoms with E-state index >= 15 is 0 Å². The van der Waals surface area contributed by atoms with Crippen molar-refractivity contribution in [3.8, 4) is 22.9 Å². The third kappa shape index (κ3) is 3.93. The lowest BCUT2D eigenvalue weighted by atomic mass is 9.86. The van der Waals surface area contributed by atoms with Gasteiger partial charge in [-0.3, -0.25) is 9.36 Å². The third-order valence-corrected chi connectivity index (χ3v) is 4.90. The zero-order chi connectivity index (χ0) is 19.7. The smallest absolute Gasteiger partial charge is 0.300 e. The van der Waals surface area contributed by atoms with E-state index in [9.17, 15) is 4.79 Å². The summed E-state index contributed by atoms with van der Waals surface area (Å²) in [5.41, 5.74) is 3.52. The average Bonchev–Trinajstić information content (AvgIpc) is 3.08. The van der Waals surface area contributed by atoms with Crippen LogP contribution in [0.1, 0.15) is 26.3 Å². The molecule has 0 unspecified atom stereocenters. The molecular weight excluding hydrogens is 352 g/mol. The first kappa shape index (κ1) is 18.3. The summed E-state index contributed by atoms with van der Waals surface area (Å²) in [6, 6.07) is 18.5. The predicted molar refractivity (Wildman–Crippen MR) is 109 cm³/mol. The zero-order valence-corrected chi connectivity index (χ0v) is 16.4. The van der Waals surface area contributed by atoms with E-state index in [4.69, 9.17) is 9.47 Å². The Morgan fingerprint density at radius 3 is 2.32 bits per heavy atom. The van der Waals surface area contributed by atoms with Crippen LogP contribution in [0.4, 0.5) is 0 Å². The average molecular weight is 376 g/mol. The number of hydrogen-bond acceptors (Lipinski definition) is 4. The molecule has 1 aliphatic heterocycles. The maximum absolute atomic E-state index is 11.3. The van der Waals surface area contributed by atoms with Crippen molar-refractivity contribution in [2.24, 2.45) is 0 Å². The van der Waals surface area contributed by atoms with Gasteiger partial charge in [-0.05, 0) is 34.2 Å². The molecule has 28 heavy (non-hydrogen) atoms. The van der Waals surface area contributed by atoms with E-state index in [2.05, 4.69) is 62.2 Å². The summed E-state index contributed by atoms with van der Waals surface area (Å²) in [4.78, 5) is 15.2. The molecule has 1 atom stereocenters. The van der Waals surface area contributed by atoms with Crippen LogP contribution in [0.5, 0.6) is 11.8 Å². The van der Waals surface area contributed by atoms with E-state index in [1.807, 2.05) is 16.7 Å². The van der Waals surface area contributed by atoms with Crippen LogP contribution in [0.2, 0.25) is 0 Å². The molecule has 5 nitrogen and oxygen atoms in total. The van der Waals surface area contributed by atoms with E-state index in [-0.39, 0.29) is 17.1 Å². The molecule has 144 valence electrons. The molecule has 0 radical (unpaired) electrons. The van der Waals surface area contributed by atoms with Gasteiger partial charge in [0.25, 0.3) is 11.6 Å². The summed E-state index contributed by atoms with van der Waals surface area (Å²) < 4.78 is 13.3. The summed E-state index contributed by atoms with van der Waals surface area (Å²) >= 11 is 0. The normalized spacial score (nSPS) is 15.8. The first-order valence-corrected chi connectivity index (χ1v) is 9.46. The number of fused-ring (bicyclic) bond motifs is 1. The fourth-order valence-electron chi connectivity index (χ4n) is 3.23. The molecule has 0 aliphatic carbocycles. The van der Waals surface area contributed by atoms with Crippen molar-refractivity contribution >= 4 is 0 Å². The van der Waals surface area contributed by atoms with Crippen LogP contribution in [0.15, 0.2) is 65.6 Å². The van der Waals surface area contributed by atoms with Crippen LogP contribution in [-0.2, 0) is 12.0 Å². The number of aromatic nitrogens is 2. The van der Waals surface area contributed by atoms with Gasteiger partial charge in [-0.2, -0.15) is 4.98 Å². The minimum atomic E-state index is -0.293. The van der Waals surface area contributed by atoms with Crippen LogP contribution >= 0.6 is 0 Å². The van der Waals surface area contributed by atoms with Crippen molar-refractivity contribution in [1.82, 2.24) is 9.55 Å². The maximum Gasteiger partial charge on any atom is 0.300 e. The maximum atomic E-state index is 11.3. The van der Waals surface area contributed by atoms with E-state index in [0.717, 1.165) is 11.3 Å². The number of ether oxygens (including phenoxy) is 2. The minimum Gasteiger partial charge on any atom is -0.490 e. The molecule has 0 N–H and O–H groups in total. The molecule has 5 heteroatoms. The Bertz CT molecular complexity index is 1020. The molecule has 0 fully saturated rings. The molecular formula is C23H24N2O3. The van der Waals surface area contributed by atoms with Crippen molar-refractivity contribution < 1.29 is 9.47 Å². The Morgan fingerprint density at radius 2 is 1.68 bits per heavy atom. The number of benzene rings is 2. The lowest BCUT2D eigenvalue weighted by molar-refractivity contribution is 0.143. The van der Waals surface area contributed by atoms with E-state index in [1.54, 1.807) is 6.20 Å². The monoisotopic (exact) mass is 376 g/mol. The van der Waals surface area contributed by atoms with Gasteiger partial charge in [0.2, 0.25) is 0 Å². The summed E-state index contributed by atoms with van der Waals surface area (Å²) in [5.74, 6) is 0.789. The van der Waals surface area contributed by atoms with E-state index in [1.165, 1.54) is 17.2 Å². The lowest BCUT2D eigenvalue weighted by Gasteiger charge is -2.19. The van der Waals surface area contributed by atoms with Gasteiger partial charge < -0.3 is 9.47 Å². The highest BCUT2D eigenvalue weighted by atomic mass is 16.6. The SMILES string of the molecule is CC(C)(C)c1ccc(-c2ccc(OC[C@@H]3Cn4ccc(=O)nc4O3)cc2)cc1. The second-order valence-electron chi connectivity index (χ2n) is 8.10. The second-order valence-corrected chi connectivity index (χ2v) is 8.10. The number of nitrogens with zero attached hydrogens (tertiary/aromatic N) is 2. The summed E-state index contributed by atoms with van der Waals surface area (Å²) in [6.07, 6.45) is 1.55. The molecule has 0 saturated carbocycles. The van der Waals surface area contributed by atoms with Gasteiger partial charge in [-0.15, -0.1) is 0 Å². The molecule has 3 aromatic rings. The second kappa shape index (κ2) is 7.15. The summed E-state index contributed by atoms with van der Waals surface area (Å²) in [7, 11) is 0. The van der Waals surface area contributed by atoms with E-state index < -0.39 is 0 Å². The number of hydrogen-bond donors (Lipinski definition) is 0.